The SMILES string of the molecule is C=CC(=O)Nc1c(-c2cnn(C)c2)ccnc1-c1cc2c(cc1F)CNCC2. The third-order valence-corrected chi connectivity index (χ3v) is 4.83. The number of hydrogen-bond acceptors (Lipinski definition) is 4. The van der Waals surface area contributed by atoms with E-state index >= 15 is 0 Å². The Labute approximate surface area is 162 Å². The van der Waals surface area contributed by atoms with Crippen molar-refractivity contribution in [3.8, 4) is 22.4 Å². The Morgan fingerprint density at radius 2 is 2.21 bits per heavy atom. The molecule has 1 amide bonds. The Balaban J connectivity index is 1.91. The average Bonchev–Trinajstić information content (AvgIpc) is 3.13. The minimum absolute atomic E-state index is 0.366. The number of benzene rings is 1. The molecule has 0 spiro atoms. The lowest BCUT2D eigenvalue weighted by Gasteiger charge is -2.20. The van der Waals surface area contributed by atoms with Crippen LogP contribution >= 0.6 is 0 Å². The first-order valence-electron chi connectivity index (χ1n) is 9.00. The zero-order valence-electron chi connectivity index (χ0n) is 15.5. The van der Waals surface area contributed by atoms with Crippen LogP contribution in [0.25, 0.3) is 22.4 Å². The van der Waals surface area contributed by atoms with Gasteiger partial charge in [0, 0.05) is 42.7 Å². The highest BCUT2D eigenvalue weighted by Crippen LogP contribution is 2.37. The maximum Gasteiger partial charge on any atom is 0.247 e. The van der Waals surface area contributed by atoms with Crippen molar-refractivity contribution >= 4 is 11.6 Å². The standard InChI is InChI=1S/C21H20FN5O/c1-3-19(28)26-21-16(15-11-25-27(2)12-15)5-7-24-20(21)17-8-13-4-6-23-10-14(13)9-18(17)22/h3,5,7-9,11-12,23H,1,4,6,10H2,2H3,(H,26,28). The fraction of sp³-hybridized carbons (Fsp3) is 0.190. The number of pyridine rings is 1. The van der Waals surface area contributed by atoms with Gasteiger partial charge < -0.3 is 10.6 Å². The van der Waals surface area contributed by atoms with Gasteiger partial charge in [-0.15, -0.1) is 0 Å². The van der Waals surface area contributed by atoms with Crippen LogP contribution in [-0.4, -0.2) is 27.2 Å². The number of aromatic nitrogens is 3. The number of anilines is 1. The van der Waals surface area contributed by atoms with Crippen molar-refractivity contribution in [1.29, 1.82) is 0 Å². The molecule has 28 heavy (non-hydrogen) atoms. The number of aryl methyl sites for hydroxylation is 1. The molecule has 4 rings (SSSR count). The Bertz CT molecular complexity index is 1070. The second kappa shape index (κ2) is 7.36. The van der Waals surface area contributed by atoms with E-state index in [0.717, 1.165) is 29.7 Å². The topological polar surface area (TPSA) is 71.8 Å². The number of halogens is 1. The summed E-state index contributed by atoms with van der Waals surface area (Å²) in [5.74, 6) is -0.755. The third kappa shape index (κ3) is 3.32. The molecule has 0 atom stereocenters. The largest absolute Gasteiger partial charge is 0.320 e. The Morgan fingerprint density at radius 1 is 1.36 bits per heavy atom. The van der Waals surface area contributed by atoms with Gasteiger partial charge in [0.25, 0.3) is 0 Å². The van der Waals surface area contributed by atoms with E-state index in [2.05, 4.69) is 27.3 Å². The van der Waals surface area contributed by atoms with Crippen molar-refractivity contribution in [2.75, 3.05) is 11.9 Å². The van der Waals surface area contributed by atoms with Gasteiger partial charge in [-0.25, -0.2) is 4.39 Å². The highest BCUT2D eigenvalue weighted by Gasteiger charge is 2.21. The first kappa shape index (κ1) is 18.1. The van der Waals surface area contributed by atoms with Crippen molar-refractivity contribution in [1.82, 2.24) is 20.1 Å². The van der Waals surface area contributed by atoms with E-state index in [9.17, 15) is 9.18 Å². The maximum absolute atomic E-state index is 15.0. The van der Waals surface area contributed by atoms with Crippen molar-refractivity contribution in [2.45, 2.75) is 13.0 Å². The summed E-state index contributed by atoms with van der Waals surface area (Å²) >= 11 is 0. The van der Waals surface area contributed by atoms with Gasteiger partial charge in [-0.3, -0.25) is 14.5 Å². The highest BCUT2D eigenvalue weighted by atomic mass is 19.1. The molecule has 7 heteroatoms. The van der Waals surface area contributed by atoms with Crippen LogP contribution in [0, 0.1) is 5.82 Å². The molecule has 3 heterocycles. The summed E-state index contributed by atoms with van der Waals surface area (Å²) in [7, 11) is 1.81. The van der Waals surface area contributed by atoms with Crippen molar-refractivity contribution in [2.24, 2.45) is 7.05 Å². The van der Waals surface area contributed by atoms with Gasteiger partial charge in [-0.2, -0.15) is 5.10 Å². The molecule has 1 aliphatic rings. The lowest BCUT2D eigenvalue weighted by atomic mass is 9.95. The zero-order chi connectivity index (χ0) is 19.7. The van der Waals surface area contributed by atoms with E-state index in [1.807, 2.05) is 19.3 Å². The molecular formula is C21H20FN5O. The Kier molecular flexibility index (Phi) is 4.75. The summed E-state index contributed by atoms with van der Waals surface area (Å²) in [6.45, 7) is 5.01. The fourth-order valence-corrected chi connectivity index (χ4v) is 3.45. The molecule has 0 unspecified atom stereocenters. The molecule has 3 aromatic rings. The predicted octanol–water partition coefficient (Wildman–Crippen LogP) is 3.06. The van der Waals surface area contributed by atoms with Gasteiger partial charge in [0.05, 0.1) is 17.6 Å². The van der Waals surface area contributed by atoms with Crippen LogP contribution in [-0.2, 0) is 24.8 Å². The van der Waals surface area contributed by atoms with E-state index in [4.69, 9.17) is 0 Å². The molecular weight excluding hydrogens is 357 g/mol. The van der Waals surface area contributed by atoms with Gasteiger partial charge in [-0.1, -0.05) is 6.58 Å². The number of nitrogens with zero attached hydrogens (tertiary/aromatic N) is 3. The van der Waals surface area contributed by atoms with Crippen LogP contribution in [0.2, 0.25) is 0 Å². The van der Waals surface area contributed by atoms with Crippen LogP contribution in [0.1, 0.15) is 11.1 Å². The zero-order valence-corrected chi connectivity index (χ0v) is 15.5. The molecule has 142 valence electrons. The van der Waals surface area contributed by atoms with Crippen molar-refractivity contribution in [3.05, 3.63) is 66.4 Å². The Hall–Kier alpha value is -3.32. The van der Waals surface area contributed by atoms with Gasteiger partial charge in [0.2, 0.25) is 5.91 Å². The van der Waals surface area contributed by atoms with Crippen molar-refractivity contribution < 1.29 is 9.18 Å². The molecule has 1 aliphatic heterocycles. The molecule has 0 bridgehead atoms. The monoisotopic (exact) mass is 377 g/mol. The maximum atomic E-state index is 15.0. The summed E-state index contributed by atoms with van der Waals surface area (Å²) in [4.78, 5) is 16.5. The first-order chi connectivity index (χ1) is 13.6. The summed E-state index contributed by atoms with van der Waals surface area (Å²) in [6, 6.07) is 5.16. The Morgan fingerprint density at radius 3 is 2.96 bits per heavy atom. The smallest absolute Gasteiger partial charge is 0.247 e. The van der Waals surface area contributed by atoms with Gasteiger partial charge in [-0.05, 0) is 48.4 Å². The van der Waals surface area contributed by atoms with Crippen molar-refractivity contribution in [3.63, 3.8) is 0 Å². The van der Waals surface area contributed by atoms with Gasteiger partial charge >= 0.3 is 0 Å². The molecule has 0 saturated carbocycles. The van der Waals surface area contributed by atoms with Gasteiger partial charge in [0.1, 0.15) is 5.82 Å². The number of fused-ring (bicyclic) bond motifs is 1. The number of hydrogen-bond donors (Lipinski definition) is 2. The number of nitrogens with one attached hydrogen (secondary N) is 2. The second-order valence-corrected chi connectivity index (χ2v) is 6.71. The number of carbonyl (C=O) groups is 1. The molecule has 2 aromatic heterocycles. The molecule has 0 radical (unpaired) electrons. The average molecular weight is 377 g/mol. The number of amides is 1. The summed E-state index contributed by atoms with van der Waals surface area (Å²) < 4.78 is 16.7. The van der Waals surface area contributed by atoms with Crippen LogP contribution < -0.4 is 10.6 Å². The van der Waals surface area contributed by atoms with Crippen LogP contribution in [0.4, 0.5) is 10.1 Å². The summed E-state index contributed by atoms with van der Waals surface area (Å²) in [5.41, 5.74) is 4.74. The minimum atomic E-state index is -0.387. The van der Waals surface area contributed by atoms with E-state index in [0.29, 0.717) is 29.1 Å². The number of rotatable bonds is 4. The second-order valence-electron chi connectivity index (χ2n) is 6.71. The first-order valence-corrected chi connectivity index (χ1v) is 9.00. The van der Waals surface area contributed by atoms with Crippen LogP contribution in [0.3, 0.4) is 0 Å². The normalized spacial score (nSPS) is 13.1. The van der Waals surface area contributed by atoms with E-state index in [-0.39, 0.29) is 11.7 Å². The molecule has 0 aliphatic carbocycles. The molecule has 2 N–H and O–H groups in total. The van der Waals surface area contributed by atoms with E-state index < -0.39 is 0 Å². The lowest BCUT2D eigenvalue weighted by molar-refractivity contribution is -0.111. The molecule has 0 fully saturated rings. The van der Waals surface area contributed by atoms with Crippen LogP contribution in [0.5, 0.6) is 0 Å². The quantitative estimate of drug-likeness (QED) is 0.686. The number of carbonyl (C=O) groups excluding carboxylic acids is 1. The van der Waals surface area contributed by atoms with E-state index in [1.54, 1.807) is 29.2 Å². The predicted molar refractivity (Wildman–Crippen MR) is 106 cm³/mol. The van der Waals surface area contributed by atoms with Crippen LogP contribution in [0.15, 0.2) is 49.4 Å². The summed E-state index contributed by atoms with van der Waals surface area (Å²) in [6.07, 6.45) is 7.13. The molecule has 0 saturated heterocycles. The van der Waals surface area contributed by atoms with Gasteiger partial charge in [0.15, 0.2) is 0 Å². The third-order valence-electron chi connectivity index (χ3n) is 4.83. The fourth-order valence-electron chi connectivity index (χ4n) is 3.45. The lowest BCUT2D eigenvalue weighted by Crippen LogP contribution is -2.23. The highest BCUT2D eigenvalue weighted by molar-refractivity contribution is 6.05. The summed E-state index contributed by atoms with van der Waals surface area (Å²) in [5, 5.41) is 10.2. The van der Waals surface area contributed by atoms with E-state index in [1.165, 1.54) is 6.08 Å². The molecule has 6 nitrogen and oxygen atoms in total. The minimum Gasteiger partial charge on any atom is -0.320 e. The molecule has 1 aromatic carbocycles.